The predicted octanol–water partition coefficient (Wildman–Crippen LogP) is 3.25. The quantitative estimate of drug-likeness (QED) is 0.820. The highest BCUT2D eigenvalue weighted by atomic mass is 16.4. The average Bonchev–Trinajstić information content (AvgIpc) is 2.54. The molecule has 0 spiro atoms. The SMILES string of the molecule is CCC(C)(CN1CCCC(C(C)C)CC1)C(=O)O. The Morgan fingerprint density at radius 3 is 2.56 bits per heavy atom. The van der Waals surface area contributed by atoms with Crippen LogP contribution in [0, 0.1) is 17.3 Å². The van der Waals surface area contributed by atoms with Crippen molar-refractivity contribution in [1.29, 1.82) is 0 Å². The average molecular weight is 255 g/mol. The molecule has 0 saturated carbocycles. The first-order valence-electron chi connectivity index (χ1n) is 7.35. The molecule has 2 atom stereocenters. The fourth-order valence-corrected chi connectivity index (χ4v) is 2.83. The van der Waals surface area contributed by atoms with Gasteiger partial charge in [-0.05, 0) is 57.5 Å². The Labute approximate surface area is 112 Å². The van der Waals surface area contributed by atoms with Crippen LogP contribution in [-0.4, -0.2) is 35.6 Å². The summed E-state index contributed by atoms with van der Waals surface area (Å²) in [4.78, 5) is 13.7. The van der Waals surface area contributed by atoms with Crippen molar-refractivity contribution < 1.29 is 9.90 Å². The minimum absolute atomic E-state index is 0.586. The number of aliphatic carboxylic acids is 1. The topological polar surface area (TPSA) is 40.5 Å². The van der Waals surface area contributed by atoms with E-state index in [0.717, 1.165) is 24.9 Å². The first kappa shape index (κ1) is 15.5. The van der Waals surface area contributed by atoms with E-state index in [1.807, 2.05) is 13.8 Å². The third kappa shape index (κ3) is 3.98. The molecular formula is C15H29NO2. The van der Waals surface area contributed by atoms with Crippen molar-refractivity contribution >= 4 is 5.97 Å². The summed E-state index contributed by atoms with van der Waals surface area (Å²) in [5.41, 5.74) is -0.586. The van der Waals surface area contributed by atoms with Crippen LogP contribution in [0.25, 0.3) is 0 Å². The second-order valence-electron chi connectivity index (χ2n) is 6.43. The van der Waals surface area contributed by atoms with Crippen molar-refractivity contribution in [3.8, 4) is 0 Å². The summed E-state index contributed by atoms with van der Waals surface area (Å²) in [6.07, 6.45) is 4.43. The summed E-state index contributed by atoms with van der Waals surface area (Å²) in [6, 6.07) is 0. The molecule has 1 aliphatic heterocycles. The zero-order chi connectivity index (χ0) is 13.8. The lowest BCUT2D eigenvalue weighted by Crippen LogP contribution is -2.41. The van der Waals surface area contributed by atoms with E-state index >= 15 is 0 Å². The molecule has 0 radical (unpaired) electrons. The van der Waals surface area contributed by atoms with Gasteiger partial charge in [0.05, 0.1) is 5.41 Å². The number of likely N-dealkylation sites (tertiary alicyclic amines) is 1. The molecule has 1 N–H and O–H groups in total. The van der Waals surface area contributed by atoms with Gasteiger partial charge in [0, 0.05) is 6.54 Å². The molecule has 0 aliphatic carbocycles. The Kier molecular flexibility index (Phi) is 5.64. The van der Waals surface area contributed by atoms with E-state index in [1.165, 1.54) is 19.3 Å². The Bertz CT molecular complexity index is 278. The standard InChI is InChI=1S/C15H29NO2/c1-5-15(4,14(17)18)11-16-9-6-7-13(8-10-16)12(2)3/h12-13H,5-11H2,1-4H3,(H,17,18). The van der Waals surface area contributed by atoms with Gasteiger partial charge < -0.3 is 10.0 Å². The van der Waals surface area contributed by atoms with Gasteiger partial charge in [-0.25, -0.2) is 0 Å². The van der Waals surface area contributed by atoms with Crippen LogP contribution in [0.15, 0.2) is 0 Å². The molecule has 2 unspecified atom stereocenters. The second-order valence-corrected chi connectivity index (χ2v) is 6.43. The van der Waals surface area contributed by atoms with Gasteiger partial charge in [-0.3, -0.25) is 4.79 Å². The van der Waals surface area contributed by atoms with Crippen LogP contribution in [-0.2, 0) is 4.79 Å². The maximum atomic E-state index is 11.4. The molecule has 0 aromatic heterocycles. The molecule has 1 rings (SSSR count). The van der Waals surface area contributed by atoms with Gasteiger partial charge in [0.15, 0.2) is 0 Å². The minimum Gasteiger partial charge on any atom is -0.481 e. The summed E-state index contributed by atoms with van der Waals surface area (Å²) in [6.45, 7) is 11.3. The molecule has 106 valence electrons. The summed E-state index contributed by atoms with van der Waals surface area (Å²) < 4.78 is 0. The van der Waals surface area contributed by atoms with Crippen LogP contribution in [0.5, 0.6) is 0 Å². The Morgan fingerprint density at radius 2 is 2.06 bits per heavy atom. The highest BCUT2D eigenvalue weighted by molar-refractivity contribution is 5.74. The smallest absolute Gasteiger partial charge is 0.310 e. The van der Waals surface area contributed by atoms with Crippen molar-refractivity contribution in [3.05, 3.63) is 0 Å². The first-order valence-corrected chi connectivity index (χ1v) is 7.35. The number of carboxylic acids is 1. The second kappa shape index (κ2) is 6.55. The van der Waals surface area contributed by atoms with Crippen LogP contribution < -0.4 is 0 Å². The van der Waals surface area contributed by atoms with Gasteiger partial charge in [0.25, 0.3) is 0 Å². The highest BCUT2D eigenvalue weighted by Crippen LogP contribution is 2.28. The van der Waals surface area contributed by atoms with Crippen LogP contribution in [0.4, 0.5) is 0 Å². The number of rotatable bonds is 5. The van der Waals surface area contributed by atoms with E-state index < -0.39 is 11.4 Å². The van der Waals surface area contributed by atoms with Crippen molar-refractivity contribution in [2.45, 2.75) is 53.4 Å². The van der Waals surface area contributed by atoms with Crippen molar-refractivity contribution in [1.82, 2.24) is 4.90 Å². The molecule has 0 amide bonds. The Balaban J connectivity index is 2.56. The zero-order valence-corrected chi connectivity index (χ0v) is 12.4. The first-order chi connectivity index (χ1) is 8.39. The maximum absolute atomic E-state index is 11.4. The van der Waals surface area contributed by atoms with E-state index in [-0.39, 0.29) is 0 Å². The molecule has 1 fully saturated rings. The van der Waals surface area contributed by atoms with Crippen molar-refractivity contribution in [3.63, 3.8) is 0 Å². The molecule has 3 heteroatoms. The van der Waals surface area contributed by atoms with Crippen LogP contribution >= 0.6 is 0 Å². The molecule has 0 aromatic carbocycles. The molecule has 0 aromatic rings. The zero-order valence-electron chi connectivity index (χ0n) is 12.4. The van der Waals surface area contributed by atoms with Crippen LogP contribution in [0.2, 0.25) is 0 Å². The van der Waals surface area contributed by atoms with Gasteiger partial charge in [-0.1, -0.05) is 20.8 Å². The third-order valence-electron chi connectivity index (χ3n) is 4.68. The van der Waals surface area contributed by atoms with E-state index in [2.05, 4.69) is 18.7 Å². The number of hydrogen-bond donors (Lipinski definition) is 1. The Morgan fingerprint density at radius 1 is 1.39 bits per heavy atom. The minimum atomic E-state index is -0.658. The molecule has 1 heterocycles. The number of hydrogen-bond acceptors (Lipinski definition) is 2. The number of carboxylic acid groups (broad SMARTS) is 1. The lowest BCUT2D eigenvalue weighted by Gasteiger charge is -2.31. The molecule has 1 aliphatic rings. The molecule has 1 saturated heterocycles. The summed E-state index contributed by atoms with van der Waals surface area (Å²) in [7, 11) is 0. The van der Waals surface area contributed by atoms with Crippen LogP contribution in [0.3, 0.4) is 0 Å². The maximum Gasteiger partial charge on any atom is 0.310 e. The highest BCUT2D eigenvalue weighted by Gasteiger charge is 2.33. The normalized spacial score (nSPS) is 25.7. The number of carbonyl (C=O) groups is 1. The lowest BCUT2D eigenvalue weighted by atomic mass is 9.87. The Hall–Kier alpha value is -0.570. The van der Waals surface area contributed by atoms with Gasteiger partial charge in [0.2, 0.25) is 0 Å². The molecular weight excluding hydrogens is 226 g/mol. The van der Waals surface area contributed by atoms with E-state index in [0.29, 0.717) is 13.0 Å². The number of nitrogens with zero attached hydrogens (tertiary/aromatic N) is 1. The van der Waals surface area contributed by atoms with Gasteiger partial charge in [-0.15, -0.1) is 0 Å². The van der Waals surface area contributed by atoms with Gasteiger partial charge >= 0.3 is 5.97 Å². The van der Waals surface area contributed by atoms with Crippen molar-refractivity contribution in [2.24, 2.45) is 17.3 Å². The largest absolute Gasteiger partial charge is 0.481 e. The summed E-state index contributed by atoms with van der Waals surface area (Å²) in [5.74, 6) is 0.907. The summed E-state index contributed by atoms with van der Waals surface area (Å²) >= 11 is 0. The monoisotopic (exact) mass is 255 g/mol. The fourth-order valence-electron chi connectivity index (χ4n) is 2.83. The van der Waals surface area contributed by atoms with E-state index in [4.69, 9.17) is 0 Å². The lowest BCUT2D eigenvalue weighted by molar-refractivity contribution is -0.149. The molecule has 0 bridgehead atoms. The predicted molar refractivity (Wildman–Crippen MR) is 74.7 cm³/mol. The summed E-state index contributed by atoms with van der Waals surface area (Å²) in [5, 5.41) is 9.35. The van der Waals surface area contributed by atoms with E-state index in [9.17, 15) is 9.90 Å². The van der Waals surface area contributed by atoms with Crippen LogP contribution in [0.1, 0.15) is 53.4 Å². The van der Waals surface area contributed by atoms with Gasteiger partial charge in [-0.2, -0.15) is 0 Å². The molecule has 3 nitrogen and oxygen atoms in total. The fraction of sp³-hybridized carbons (Fsp3) is 0.933. The molecule has 18 heavy (non-hydrogen) atoms. The third-order valence-corrected chi connectivity index (χ3v) is 4.68. The van der Waals surface area contributed by atoms with Crippen molar-refractivity contribution in [2.75, 3.05) is 19.6 Å². The van der Waals surface area contributed by atoms with Gasteiger partial charge in [0.1, 0.15) is 0 Å². The van der Waals surface area contributed by atoms with E-state index in [1.54, 1.807) is 0 Å².